The first kappa shape index (κ1) is 14.9. The fourth-order valence-electron chi connectivity index (χ4n) is 2.16. The summed E-state index contributed by atoms with van der Waals surface area (Å²) in [7, 11) is 0. The van der Waals surface area contributed by atoms with E-state index in [0.29, 0.717) is 5.41 Å². The van der Waals surface area contributed by atoms with Crippen LogP contribution in [0.2, 0.25) is 0 Å². The number of hydrogen-bond donors (Lipinski definition) is 0. The molecule has 92 valence electrons. The molecule has 0 N–H and O–H groups in total. The summed E-state index contributed by atoms with van der Waals surface area (Å²) in [5.41, 5.74) is 0.401. The third-order valence-electron chi connectivity index (χ3n) is 2.76. The van der Waals surface area contributed by atoms with Crippen molar-refractivity contribution < 1.29 is 4.39 Å². The average molecular weight is 216 g/mol. The third-order valence-corrected chi connectivity index (χ3v) is 2.76. The predicted molar refractivity (Wildman–Crippen MR) is 66.8 cm³/mol. The first-order valence-corrected chi connectivity index (χ1v) is 6.04. The fraction of sp³-hybridized carbons (Fsp3) is 1.00. The van der Waals surface area contributed by atoms with Crippen molar-refractivity contribution >= 4 is 0 Å². The van der Waals surface area contributed by atoms with Crippen molar-refractivity contribution in [3.63, 3.8) is 0 Å². The molecule has 0 aromatic carbocycles. The lowest BCUT2D eigenvalue weighted by Crippen LogP contribution is -2.27. The zero-order valence-corrected chi connectivity index (χ0v) is 11.7. The van der Waals surface area contributed by atoms with Gasteiger partial charge >= 0.3 is 0 Å². The maximum absolute atomic E-state index is 13.1. The highest BCUT2D eigenvalue weighted by Gasteiger charge is 2.31. The van der Waals surface area contributed by atoms with Crippen molar-refractivity contribution in [2.75, 3.05) is 6.67 Å². The summed E-state index contributed by atoms with van der Waals surface area (Å²) >= 11 is 0. The van der Waals surface area contributed by atoms with Gasteiger partial charge in [0.2, 0.25) is 0 Å². The Bertz CT molecular complexity index is 182. The minimum Gasteiger partial charge on any atom is -0.251 e. The summed E-state index contributed by atoms with van der Waals surface area (Å²) in [4.78, 5) is 0. The molecule has 0 heterocycles. The molecule has 0 unspecified atom stereocenters. The molecule has 0 aromatic heterocycles. The van der Waals surface area contributed by atoms with E-state index < -0.39 is 0 Å². The van der Waals surface area contributed by atoms with Gasteiger partial charge in [0.15, 0.2) is 0 Å². The molecule has 0 aliphatic heterocycles. The Labute approximate surface area is 95.6 Å². The summed E-state index contributed by atoms with van der Waals surface area (Å²) < 4.78 is 13.1. The second-order valence-corrected chi connectivity index (χ2v) is 7.74. The molecule has 1 atom stereocenters. The van der Waals surface area contributed by atoms with E-state index in [1.165, 1.54) is 0 Å². The highest BCUT2D eigenvalue weighted by atomic mass is 19.1. The van der Waals surface area contributed by atoms with Crippen molar-refractivity contribution in [2.45, 2.75) is 67.7 Å². The van der Waals surface area contributed by atoms with E-state index in [-0.39, 0.29) is 17.5 Å². The highest BCUT2D eigenvalue weighted by molar-refractivity contribution is 4.81. The molecule has 0 spiro atoms. The predicted octanol–water partition coefficient (Wildman–Crippen LogP) is 5.22. The van der Waals surface area contributed by atoms with Gasteiger partial charge in [0.25, 0.3) is 0 Å². The van der Waals surface area contributed by atoms with Gasteiger partial charge in [-0.2, -0.15) is 0 Å². The molecule has 0 saturated carbocycles. The highest BCUT2D eigenvalue weighted by Crippen LogP contribution is 2.39. The Morgan fingerprint density at radius 2 is 1.20 bits per heavy atom. The van der Waals surface area contributed by atoms with Crippen molar-refractivity contribution in [2.24, 2.45) is 16.2 Å². The van der Waals surface area contributed by atoms with Crippen molar-refractivity contribution in [1.82, 2.24) is 0 Å². The second kappa shape index (κ2) is 4.84. The van der Waals surface area contributed by atoms with Crippen LogP contribution in [0.25, 0.3) is 0 Å². The van der Waals surface area contributed by atoms with Gasteiger partial charge in [-0.3, -0.25) is 4.39 Å². The molecule has 15 heavy (non-hydrogen) atoms. The minimum absolute atomic E-state index is 0.133. The van der Waals surface area contributed by atoms with Crippen LogP contribution in [0, 0.1) is 16.2 Å². The van der Waals surface area contributed by atoms with Gasteiger partial charge in [0.05, 0.1) is 6.67 Å². The molecule has 0 fully saturated rings. The maximum Gasteiger partial charge on any atom is 0.0948 e. The number of halogens is 1. The van der Waals surface area contributed by atoms with Crippen LogP contribution < -0.4 is 0 Å². The van der Waals surface area contributed by atoms with Gasteiger partial charge in [0, 0.05) is 0 Å². The molecule has 0 bridgehead atoms. The molecule has 0 amide bonds. The van der Waals surface area contributed by atoms with E-state index in [2.05, 4.69) is 48.5 Å². The van der Waals surface area contributed by atoms with Crippen LogP contribution in [-0.2, 0) is 0 Å². The standard InChI is InChI=1S/C14H29F/c1-12(2,3)8-9-14(7,11-15)10-13(4,5)6/h8-11H2,1-7H3/t14-/m1/s1. The topological polar surface area (TPSA) is 0 Å². The van der Waals surface area contributed by atoms with Gasteiger partial charge in [-0.05, 0) is 35.5 Å². The van der Waals surface area contributed by atoms with Crippen molar-refractivity contribution in [3.8, 4) is 0 Å². The van der Waals surface area contributed by atoms with E-state index in [1.54, 1.807) is 0 Å². The van der Waals surface area contributed by atoms with Crippen LogP contribution in [0.1, 0.15) is 67.7 Å². The van der Waals surface area contributed by atoms with Crippen molar-refractivity contribution in [1.29, 1.82) is 0 Å². The van der Waals surface area contributed by atoms with E-state index in [1.807, 2.05) is 0 Å². The summed E-state index contributed by atoms with van der Waals surface area (Å²) in [6.45, 7) is 15.1. The number of alkyl halides is 1. The van der Waals surface area contributed by atoms with Crippen LogP contribution in [0.4, 0.5) is 4.39 Å². The normalized spacial score (nSPS) is 17.6. The molecule has 0 radical (unpaired) electrons. The van der Waals surface area contributed by atoms with E-state index >= 15 is 0 Å². The molecule has 0 rings (SSSR count). The smallest absolute Gasteiger partial charge is 0.0948 e. The molecule has 0 aliphatic rings. The van der Waals surface area contributed by atoms with Gasteiger partial charge in [-0.1, -0.05) is 48.5 Å². The lowest BCUT2D eigenvalue weighted by Gasteiger charge is -2.35. The molecule has 0 nitrogen and oxygen atoms in total. The number of hydrogen-bond acceptors (Lipinski definition) is 0. The van der Waals surface area contributed by atoms with Crippen molar-refractivity contribution in [3.05, 3.63) is 0 Å². The average Bonchev–Trinajstić information content (AvgIpc) is 1.97. The summed E-state index contributed by atoms with van der Waals surface area (Å²) in [6, 6.07) is 0. The third kappa shape index (κ3) is 7.81. The Balaban J connectivity index is 4.32. The zero-order valence-electron chi connectivity index (χ0n) is 11.7. The molecule has 0 aromatic rings. The summed E-state index contributed by atoms with van der Waals surface area (Å²) in [5, 5.41) is 0. The van der Waals surface area contributed by atoms with Gasteiger partial charge in [-0.25, -0.2) is 0 Å². The van der Waals surface area contributed by atoms with Crippen LogP contribution in [0.3, 0.4) is 0 Å². The van der Waals surface area contributed by atoms with Crippen LogP contribution in [-0.4, -0.2) is 6.67 Å². The molecule has 0 saturated heterocycles. The maximum atomic E-state index is 13.1. The van der Waals surface area contributed by atoms with E-state index in [4.69, 9.17) is 0 Å². The Kier molecular flexibility index (Phi) is 4.82. The SMILES string of the molecule is CC(C)(C)CC[C@@](C)(CF)CC(C)(C)C. The zero-order chi connectivity index (χ0) is 12.3. The van der Waals surface area contributed by atoms with Gasteiger partial charge in [-0.15, -0.1) is 0 Å². The molecule has 1 heteroatoms. The monoisotopic (exact) mass is 216 g/mol. The first-order chi connectivity index (χ1) is 6.47. The largest absolute Gasteiger partial charge is 0.251 e. The van der Waals surface area contributed by atoms with Crippen LogP contribution >= 0.6 is 0 Å². The molecule has 0 aliphatic carbocycles. The lowest BCUT2D eigenvalue weighted by atomic mass is 9.71. The minimum atomic E-state index is -0.194. The Hall–Kier alpha value is -0.0700. The fourth-order valence-corrected chi connectivity index (χ4v) is 2.16. The lowest BCUT2D eigenvalue weighted by molar-refractivity contribution is 0.118. The van der Waals surface area contributed by atoms with Gasteiger partial charge < -0.3 is 0 Å². The summed E-state index contributed by atoms with van der Waals surface area (Å²) in [6.07, 6.45) is 3.06. The second-order valence-electron chi connectivity index (χ2n) is 7.74. The molecular formula is C14H29F. The Morgan fingerprint density at radius 1 is 0.733 bits per heavy atom. The summed E-state index contributed by atoms with van der Waals surface area (Å²) in [5.74, 6) is 0. The van der Waals surface area contributed by atoms with Crippen LogP contribution in [0.5, 0.6) is 0 Å². The number of rotatable bonds is 4. The van der Waals surface area contributed by atoms with Gasteiger partial charge in [0.1, 0.15) is 0 Å². The van der Waals surface area contributed by atoms with Crippen LogP contribution in [0.15, 0.2) is 0 Å². The Morgan fingerprint density at radius 3 is 1.47 bits per heavy atom. The molecular weight excluding hydrogens is 187 g/mol. The van der Waals surface area contributed by atoms with E-state index in [0.717, 1.165) is 19.3 Å². The first-order valence-electron chi connectivity index (χ1n) is 6.04. The van der Waals surface area contributed by atoms with E-state index in [9.17, 15) is 4.39 Å². The quantitative estimate of drug-likeness (QED) is 0.604.